The van der Waals surface area contributed by atoms with Crippen LogP contribution in [0.25, 0.3) is 0 Å². The molecule has 0 heterocycles. The predicted molar refractivity (Wildman–Crippen MR) is 48.9 cm³/mol. The van der Waals surface area contributed by atoms with Crippen LogP contribution in [0.1, 0.15) is 6.92 Å². The molecule has 0 atom stereocenters. The SMILES string of the molecule is CCOc1ccc([Se]C)cc1. The van der Waals surface area contributed by atoms with E-state index in [0.29, 0.717) is 15.0 Å². The number of rotatable bonds is 3. The molecule has 0 bridgehead atoms. The second-order valence-corrected chi connectivity index (χ2v) is 3.95. The van der Waals surface area contributed by atoms with Crippen LogP contribution in [0.2, 0.25) is 5.82 Å². The van der Waals surface area contributed by atoms with Gasteiger partial charge in [-0.05, 0) is 0 Å². The van der Waals surface area contributed by atoms with Crippen molar-refractivity contribution in [1.82, 2.24) is 0 Å². The average Bonchev–Trinajstić information content (AvgIpc) is 2.07. The zero-order valence-electron chi connectivity index (χ0n) is 6.83. The van der Waals surface area contributed by atoms with E-state index < -0.39 is 0 Å². The molecule has 0 saturated carbocycles. The molecule has 0 radical (unpaired) electrons. The normalized spacial score (nSPS) is 9.64. The molecule has 1 rings (SSSR count). The van der Waals surface area contributed by atoms with Crippen LogP contribution in [0.5, 0.6) is 5.75 Å². The van der Waals surface area contributed by atoms with Gasteiger partial charge in [0.2, 0.25) is 0 Å². The Labute approximate surface area is 73.9 Å². The van der Waals surface area contributed by atoms with Crippen molar-refractivity contribution >= 4 is 19.4 Å². The van der Waals surface area contributed by atoms with Crippen LogP contribution in [0.3, 0.4) is 0 Å². The van der Waals surface area contributed by atoms with Crippen molar-refractivity contribution in [3.8, 4) is 5.75 Å². The first kappa shape index (κ1) is 8.63. The maximum atomic E-state index is 5.31. The molecule has 0 aliphatic rings. The van der Waals surface area contributed by atoms with E-state index in [2.05, 4.69) is 18.0 Å². The number of ether oxygens (including phenoxy) is 1. The molecule has 1 aromatic rings. The van der Waals surface area contributed by atoms with Gasteiger partial charge in [-0.2, -0.15) is 0 Å². The average molecular weight is 215 g/mol. The van der Waals surface area contributed by atoms with Crippen LogP contribution in [0, 0.1) is 0 Å². The van der Waals surface area contributed by atoms with E-state index in [-0.39, 0.29) is 0 Å². The third-order valence-electron chi connectivity index (χ3n) is 1.37. The molecule has 0 spiro atoms. The van der Waals surface area contributed by atoms with Crippen molar-refractivity contribution in [1.29, 1.82) is 0 Å². The molecule has 1 aromatic carbocycles. The molecule has 0 aliphatic heterocycles. The summed E-state index contributed by atoms with van der Waals surface area (Å²) in [5.74, 6) is 3.18. The van der Waals surface area contributed by atoms with E-state index in [1.54, 1.807) is 0 Å². The monoisotopic (exact) mass is 216 g/mol. The van der Waals surface area contributed by atoms with Gasteiger partial charge in [-0.25, -0.2) is 0 Å². The standard InChI is InChI=1S/C9H12OSe/c1-3-10-8-4-6-9(11-2)7-5-8/h4-7H,3H2,1-2H3. The Bertz CT molecular complexity index is 205. The summed E-state index contributed by atoms with van der Waals surface area (Å²) < 4.78 is 6.73. The first-order valence-electron chi connectivity index (χ1n) is 3.63. The summed E-state index contributed by atoms with van der Waals surface area (Å²) in [6.45, 7) is 2.74. The van der Waals surface area contributed by atoms with Gasteiger partial charge in [-0.15, -0.1) is 0 Å². The van der Waals surface area contributed by atoms with Crippen molar-refractivity contribution in [2.45, 2.75) is 12.7 Å². The van der Waals surface area contributed by atoms with Crippen molar-refractivity contribution in [3.63, 3.8) is 0 Å². The molecular weight excluding hydrogens is 203 g/mol. The third-order valence-corrected chi connectivity index (χ3v) is 2.93. The third kappa shape index (κ3) is 2.57. The minimum absolute atomic E-state index is 0.602. The van der Waals surface area contributed by atoms with E-state index in [0.717, 1.165) is 12.4 Å². The van der Waals surface area contributed by atoms with Crippen molar-refractivity contribution in [2.24, 2.45) is 0 Å². The summed E-state index contributed by atoms with van der Waals surface area (Å²) in [6, 6.07) is 8.32. The van der Waals surface area contributed by atoms with Gasteiger partial charge in [0.25, 0.3) is 0 Å². The Morgan fingerprint density at radius 3 is 2.36 bits per heavy atom. The van der Waals surface area contributed by atoms with Crippen LogP contribution < -0.4 is 9.20 Å². The van der Waals surface area contributed by atoms with E-state index in [1.807, 2.05) is 19.1 Å². The van der Waals surface area contributed by atoms with E-state index in [4.69, 9.17) is 4.74 Å². The molecule has 1 nitrogen and oxygen atoms in total. The van der Waals surface area contributed by atoms with Crippen molar-refractivity contribution < 1.29 is 4.74 Å². The zero-order valence-corrected chi connectivity index (χ0v) is 8.55. The second kappa shape index (κ2) is 4.42. The van der Waals surface area contributed by atoms with Gasteiger partial charge in [0.15, 0.2) is 0 Å². The van der Waals surface area contributed by atoms with Gasteiger partial charge in [0.05, 0.1) is 0 Å². The van der Waals surface area contributed by atoms with E-state index >= 15 is 0 Å². The number of hydrogen-bond donors (Lipinski definition) is 0. The Morgan fingerprint density at radius 2 is 1.91 bits per heavy atom. The summed E-state index contributed by atoms with van der Waals surface area (Å²) in [4.78, 5) is 0. The van der Waals surface area contributed by atoms with E-state index in [9.17, 15) is 0 Å². The molecule has 0 amide bonds. The first-order valence-corrected chi connectivity index (χ1v) is 6.20. The molecular formula is C9H12OSe. The number of hydrogen-bond acceptors (Lipinski definition) is 1. The summed E-state index contributed by atoms with van der Waals surface area (Å²) in [7, 11) is 0. The van der Waals surface area contributed by atoms with E-state index in [1.165, 1.54) is 4.46 Å². The van der Waals surface area contributed by atoms with Gasteiger partial charge in [-0.3, -0.25) is 0 Å². The minimum atomic E-state index is 0.602. The van der Waals surface area contributed by atoms with Gasteiger partial charge in [-0.1, -0.05) is 0 Å². The van der Waals surface area contributed by atoms with Crippen LogP contribution >= 0.6 is 0 Å². The summed E-state index contributed by atoms with van der Waals surface area (Å²) in [5.41, 5.74) is 0. The molecule has 2 heteroatoms. The maximum absolute atomic E-state index is 5.31. The molecule has 60 valence electrons. The summed E-state index contributed by atoms with van der Waals surface area (Å²) in [5, 5.41) is 0. The van der Waals surface area contributed by atoms with Gasteiger partial charge in [0, 0.05) is 0 Å². The fourth-order valence-corrected chi connectivity index (χ4v) is 1.70. The van der Waals surface area contributed by atoms with Gasteiger partial charge in [0.1, 0.15) is 0 Å². The quantitative estimate of drug-likeness (QED) is 0.693. The van der Waals surface area contributed by atoms with Crippen LogP contribution in [-0.4, -0.2) is 21.6 Å². The summed E-state index contributed by atoms with van der Waals surface area (Å²) >= 11 is 0.602. The van der Waals surface area contributed by atoms with Gasteiger partial charge < -0.3 is 0 Å². The molecule has 0 aliphatic carbocycles. The zero-order chi connectivity index (χ0) is 8.10. The topological polar surface area (TPSA) is 9.23 Å². The molecule has 0 unspecified atom stereocenters. The second-order valence-electron chi connectivity index (χ2n) is 2.11. The Hall–Kier alpha value is -0.461. The predicted octanol–water partition coefficient (Wildman–Crippen LogP) is 1.46. The first-order chi connectivity index (χ1) is 5.36. The van der Waals surface area contributed by atoms with Crippen molar-refractivity contribution in [3.05, 3.63) is 24.3 Å². The molecule has 0 saturated heterocycles. The fourth-order valence-electron chi connectivity index (χ4n) is 0.839. The molecule has 0 N–H and O–H groups in total. The molecule has 11 heavy (non-hydrogen) atoms. The van der Waals surface area contributed by atoms with Crippen LogP contribution in [0.15, 0.2) is 24.3 Å². The Kier molecular flexibility index (Phi) is 3.47. The van der Waals surface area contributed by atoms with Crippen LogP contribution in [-0.2, 0) is 0 Å². The number of benzene rings is 1. The Morgan fingerprint density at radius 1 is 1.27 bits per heavy atom. The molecule has 0 fully saturated rings. The Balaban J connectivity index is 2.66. The molecule has 0 aromatic heterocycles. The summed E-state index contributed by atoms with van der Waals surface area (Å²) in [6.07, 6.45) is 0. The van der Waals surface area contributed by atoms with Crippen molar-refractivity contribution in [2.75, 3.05) is 6.61 Å². The fraction of sp³-hybridized carbons (Fsp3) is 0.333. The van der Waals surface area contributed by atoms with Crippen LogP contribution in [0.4, 0.5) is 0 Å². The van der Waals surface area contributed by atoms with Gasteiger partial charge >= 0.3 is 73.5 Å².